The molecule has 3 aliphatic rings. The van der Waals surface area contributed by atoms with Gasteiger partial charge in [-0.25, -0.2) is 9.97 Å². The quantitative estimate of drug-likeness (QED) is 0.868. The molecule has 2 N–H and O–H groups in total. The van der Waals surface area contributed by atoms with Crippen LogP contribution in [0.25, 0.3) is 0 Å². The number of nitriles is 1. The normalized spacial score (nSPS) is 29.8. The molecule has 3 fully saturated rings. The Morgan fingerprint density at radius 1 is 1.29 bits per heavy atom. The maximum absolute atomic E-state index is 11.8. The molecular weight excluding hydrogens is 306 g/mol. The number of nitrogens with zero attached hydrogens (tertiary/aromatic N) is 3. The van der Waals surface area contributed by atoms with Crippen LogP contribution < -0.4 is 10.6 Å². The van der Waals surface area contributed by atoms with E-state index in [0.717, 1.165) is 44.5 Å². The highest BCUT2D eigenvalue weighted by Crippen LogP contribution is 2.38. The predicted molar refractivity (Wildman–Crippen MR) is 86.3 cm³/mol. The average Bonchev–Trinajstić information content (AvgIpc) is 3.31. The Morgan fingerprint density at radius 2 is 2.17 bits per heavy atom. The zero-order chi connectivity index (χ0) is 16.5. The van der Waals surface area contributed by atoms with E-state index >= 15 is 0 Å². The topological polar surface area (TPSA) is 99.9 Å². The number of hydrogen-bond acceptors (Lipinski definition) is 6. The number of aromatic nitrogens is 2. The number of nitrogens with one attached hydrogen (secondary N) is 2. The Morgan fingerprint density at radius 3 is 2.88 bits per heavy atom. The minimum Gasteiger partial charge on any atom is -0.376 e. The molecule has 0 radical (unpaired) electrons. The van der Waals surface area contributed by atoms with Crippen molar-refractivity contribution in [1.82, 2.24) is 15.3 Å². The van der Waals surface area contributed by atoms with Gasteiger partial charge in [-0.05, 0) is 32.1 Å². The second kappa shape index (κ2) is 6.36. The third kappa shape index (κ3) is 3.20. The summed E-state index contributed by atoms with van der Waals surface area (Å²) < 4.78 is 5.79. The van der Waals surface area contributed by atoms with Crippen molar-refractivity contribution in [3.8, 4) is 6.07 Å². The van der Waals surface area contributed by atoms with Crippen LogP contribution in [0, 0.1) is 11.3 Å². The summed E-state index contributed by atoms with van der Waals surface area (Å²) in [5, 5.41) is 15.7. The number of ether oxygens (including phenoxy) is 1. The van der Waals surface area contributed by atoms with E-state index in [0.29, 0.717) is 23.9 Å². The van der Waals surface area contributed by atoms with Crippen LogP contribution in [0.1, 0.15) is 56.0 Å². The Bertz CT molecular complexity index is 676. The number of anilines is 1. The second-order valence-corrected chi connectivity index (χ2v) is 6.82. The fraction of sp³-hybridized carbons (Fsp3) is 0.647. The second-order valence-electron chi connectivity index (χ2n) is 6.82. The number of rotatable bonds is 4. The fourth-order valence-electron chi connectivity index (χ4n) is 3.54. The zero-order valence-corrected chi connectivity index (χ0v) is 13.5. The third-order valence-electron chi connectivity index (χ3n) is 4.94. The van der Waals surface area contributed by atoms with Crippen LogP contribution in [0.4, 0.5) is 5.82 Å². The summed E-state index contributed by atoms with van der Waals surface area (Å²) in [6.45, 7) is 0.752. The van der Waals surface area contributed by atoms with Crippen molar-refractivity contribution in [3.63, 3.8) is 0 Å². The van der Waals surface area contributed by atoms with Gasteiger partial charge in [0, 0.05) is 25.0 Å². The molecular formula is C17H21N5O2. The lowest BCUT2D eigenvalue weighted by Gasteiger charge is -2.36. The van der Waals surface area contributed by atoms with E-state index in [2.05, 4.69) is 26.7 Å². The van der Waals surface area contributed by atoms with Crippen LogP contribution in [0.2, 0.25) is 0 Å². The van der Waals surface area contributed by atoms with Gasteiger partial charge in [0.2, 0.25) is 5.91 Å². The van der Waals surface area contributed by atoms with Crippen molar-refractivity contribution in [2.45, 2.75) is 62.6 Å². The molecule has 4 rings (SSSR count). The first-order valence-electron chi connectivity index (χ1n) is 8.69. The molecule has 7 nitrogen and oxygen atoms in total. The lowest BCUT2D eigenvalue weighted by Crippen LogP contribution is -2.56. The van der Waals surface area contributed by atoms with E-state index < -0.39 is 0 Å². The molecule has 0 aromatic carbocycles. The highest BCUT2D eigenvalue weighted by molar-refractivity contribution is 5.77. The molecule has 1 aromatic rings. The van der Waals surface area contributed by atoms with E-state index in [9.17, 15) is 10.1 Å². The number of carbonyl (C=O) groups excluding carboxylic acids is 1. The van der Waals surface area contributed by atoms with Gasteiger partial charge < -0.3 is 15.4 Å². The highest BCUT2D eigenvalue weighted by atomic mass is 16.5. The van der Waals surface area contributed by atoms with Gasteiger partial charge in [-0.15, -0.1) is 0 Å². The van der Waals surface area contributed by atoms with Crippen LogP contribution in [0.5, 0.6) is 0 Å². The Labute approximate surface area is 140 Å². The van der Waals surface area contributed by atoms with E-state index in [1.54, 1.807) is 6.07 Å². The summed E-state index contributed by atoms with van der Waals surface area (Å²) in [7, 11) is 0. The van der Waals surface area contributed by atoms with Gasteiger partial charge in [0.05, 0.1) is 18.2 Å². The minimum absolute atomic E-state index is 0.0481. The van der Waals surface area contributed by atoms with Crippen LogP contribution in [0.15, 0.2) is 6.07 Å². The smallest absolute Gasteiger partial charge is 0.220 e. The van der Waals surface area contributed by atoms with Gasteiger partial charge >= 0.3 is 0 Å². The lowest BCUT2D eigenvalue weighted by molar-refractivity contribution is -0.124. The SMILES string of the molecule is N#Cc1cc(N[C@H]2CCC(=O)N[C@@H]2C2CCCO2)nc(C2CC2)n1. The third-order valence-corrected chi connectivity index (χ3v) is 4.94. The van der Waals surface area contributed by atoms with Crippen molar-refractivity contribution < 1.29 is 9.53 Å². The molecule has 3 atom stereocenters. The molecule has 7 heteroatoms. The monoisotopic (exact) mass is 327 g/mol. The molecule has 1 aromatic heterocycles. The number of carbonyl (C=O) groups is 1. The Kier molecular flexibility index (Phi) is 4.07. The summed E-state index contributed by atoms with van der Waals surface area (Å²) in [5.41, 5.74) is 0.392. The molecule has 1 unspecified atom stereocenters. The lowest BCUT2D eigenvalue weighted by atomic mass is 9.92. The maximum Gasteiger partial charge on any atom is 0.220 e. The first-order valence-corrected chi connectivity index (χ1v) is 8.69. The Balaban J connectivity index is 1.55. The van der Waals surface area contributed by atoms with E-state index in [1.807, 2.05) is 0 Å². The van der Waals surface area contributed by atoms with Gasteiger partial charge in [0.15, 0.2) is 0 Å². The van der Waals surface area contributed by atoms with Gasteiger partial charge in [-0.3, -0.25) is 4.79 Å². The summed E-state index contributed by atoms with van der Waals surface area (Å²) >= 11 is 0. The van der Waals surface area contributed by atoms with Crippen LogP contribution in [-0.4, -0.2) is 40.7 Å². The number of amides is 1. The fourth-order valence-corrected chi connectivity index (χ4v) is 3.54. The van der Waals surface area contributed by atoms with E-state index in [4.69, 9.17) is 4.74 Å². The highest BCUT2D eigenvalue weighted by Gasteiger charge is 2.37. The van der Waals surface area contributed by atoms with Gasteiger partial charge in [-0.2, -0.15) is 5.26 Å². The molecule has 24 heavy (non-hydrogen) atoms. The zero-order valence-electron chi connectivity index (χ0n) is 13.5. The molecule has 1 saturated carbocycles. The molecule has 2 saturated heterocycles. The maximum atomic E-state index is 11.8. The standard InChI is InChI=1S/C17H21N5O2/c18-9-11-8-14(21-17(19-11)10-3-4-10)20-12-5-6-15(23)22-16(12)13-2-1-7-24-13/h8,10,12-13,16H,1-7H2,(H,22,23)(H,19,20,21)/t12-,13?,16-/m0/s1. The van der Waals surface area contributed by atoms with Crippen LogP contribution >= 0.6 is 0 Å². The molecule has 0 bridgehead atoms. The average molecular weight is 327 g/mol. The summed E-state index contributed by atoms with van der Waals surface area (Å²) in [6.07, 6.45) is 5.45. The minimum atomic E-state index is -0.0568. The molecule has 1 aliphatic carbocycles. The van der Waals surface area contributed by atoms with E-state index in [1.165, 1.54) is 0 Å². The van der Waals surface area contributed by atoms with Crippen molar-refractivity contribution in [1.29, 1.82) is 5.26 Å². The van der Waals surface area contributed by atoms with Crippen molar-refractivity contribution in [3.05, 3.63) is 17.6 Å². The molecule has 1 amide bonds. The number of hydrogen-bond donors (Lipinski definition) is 2. The van der Waals surface area contributed by atoms with Gasteiger partial charge in [-0.1, -0.05) is 0 Å². The van der Waals surface area contributed by atoms with Crippen molar-refractivity contribution in [2.24, 2.45) is 0 Å². The molecule has 2 aliphatic heterocycles. The van der Waals surface area contributed by atoms with Crippen LogP contribution in [0.3, 0.4) is 0 Å². The van der Waals surface area contributed by atoms with Crippen molar-refractivity contribution >= 4 is 11.7 Å². The van der Waals surface area contributed by atoms with Gasteiger partial charge in [0.25, 0.3) is 0 Å². The summed E-state index contributed by atoms with van der Waals surface area (Å²) in [5.74, 6) is 1.89. The summed E-state index contributed by atoms with van der Waals surface area (Å²) in [4.78, 5) is 20.7. The Hall–Kier alpha value is -2.20. The molecule has 0 spiro atoms. The first kappa shape index (κ1) is 15.3. The number of piperidine rings is 1. The largest absolute Gasteiger partial charge is 0.376 e. The molecule has 126 valence electrons. The predicted octanol–water partition coefficient (Wildman–Crippen LogP) is 1.46. The van der Waals surface area contributed by atoms with Crippen LogP contribution in [-0.2, 0) is 9.53 Å². The van der Waals surface area contributed by atoms with E-state index in [-0.39, 0.29) is 24.1 Å². The summed E-state index contributed by atoms with van der Waals surface area (Å²) in [6, 6.07) is 3.80. The van der Waals surface area contributed by atoms with Gasteiger partial charge in [0.1, 0.15) is 23.4 Å². The van der Waals surface area contributed by atoms with Crippen molar-refractivity contribution in [2.75, 3.05) is 11.9 Å². The first-order chi connectivity index (χ1) is 11.7. The molecule has 3 heterocycles.